The Labute approximate surface area is 158 Å². The first-order valence-corrected chi connectivity index (χ1v) is 7.73. The van der Waals surface area contributed by atoms with Crippen LogP contribution in [-0.4, -0.2) is 28.9 Å². The molecule has 0 bridgehead atoms. The number of pyridine rings is 1. The minimum absolute atomic E-state index is 0.0427. The summed E-state index contributed by atoms with van der Waals surface area (Å²) in [6, 6.07) is 6.35. The van der Waals surface area contributed by atoms with Gasteiger partial charge in [-0.3, -0.25) is 4.79 Å². The quantitative estimate of drug-likeness (QED) is 0.525. The van der Waals surface area contributed by atoms with Crippen LogP contribution >= 0.6 is 23.2 Å². The topological polar surface area (TPSA) is 54.0 Å². The lowest BCUT2D eigenvalue weighted by Crippen LogP contribution is -2.72. The van der Waals surface area contributed by atoms with Crippen molar-refractivity contribution >= 4 is 34.9 Å². The number of nitrogens with zero attached hydrogens (tertiary/aromatic N) is 1. The van der Waals surface area contributed by atoms with Crippen LogP contribution in [0.2, 0.25) is 10.0 Å². The number of benzene rings is 1. The van der Waals surface area contributed by atoms with Gasteiger partial charge >= 0.3 is 18.0 Å². The number of hydrogen-bond acceptors (Lipinski definition) is 3. The van der Waals surface area contributed by atoms with Crippen LogP contribution in [0.15, 0.2) is 42.6 Å². The number of anilines is 1. The lowest BCUT2D eigenvalue weighted by Gasteiger charge is -2.38. The summed E-state index contributed by atoms with van der Waals surface area (Å²) >= 11 is 11.3. The lowest BCUT2D eigenvalue weighted by molar-refractivity contribution is -0.294. The van der Waals surface area contributed by atoms with E-state index in [1.54, 1.807) is 0 Å². The van der Waals surface area contributed by atoms with Crippen molar-refractivity contribution in [3.05, 3.63) is 58.2 Å². The number of aromatic nitrogens is 1. The van der Waals surface area contributed by atoms with Gasteiger partial charge in [-0.25, -0.2) is 4.98 Å². The fourth-order valence-corrected chi connectivity index (χ4v) is 2.51. The molecule has 2 aromatic rings. The molecular formula is C15H9Cl2F6N3O. The number of carbonyl (C=O) groups is 1. The van der Waals surface area contributed by atoms with Gasteiger partial charge in [0, 0.05) is 11.2 Å². The number of amides is 1. The van der Waals surface area contributed by atoms with E-state index in [9.17, 15) is 31.1 Å². The molecule has 2 N–H and O–H groups in total. The highest BCUT2D eigenvalue weighted by Crippen LogP contribution is 2.43. The highest BCUT2D eigenvalue weighted by atomic mass is 35.5. The normalized spacial score (nSPS) is 12.6. The first-order chi connectivity index (χ1) is 12.4. The van der Waals surface area contributed by atoms with Crippen molar-refractivity contribution in [3.63, 3.8) is 0 Å². The van der Waals surface area contributed by atoms with Gasteiger partial charge in [0.15, 0.2) is 0 Å². The minimum atomic E-state index is -5.97. The van der Waals surface area contributed by atoms with E-state index in [-0.39, 0.29) is 5.02 Å². The molecule has 0 aliphatic carbocycles. The number of carbonyl (C=O) groups excluding carboxylic acids is 1. The van der Waals surface area contributed by atoms with E-state index in [4.69, 9.17) is 23.2 Å². The Hall–Kier alpha value is -2.20. The molecule has 12 heteroatoms. The van der Waals surface area contributed by atoms with Crippen molar-refractivity contribution in [1.82, 2.24) is 10.3 Å². The first-order valence-electron chi connectivity index (χ1n) is 6.97. The molecule has 0 radical (unpaired) electrons. The zero-order chi connectivity index (χ0) is 20.5. The Balaban J connectivity index is 2.53. The average Bonchev–Trinajstić information content (AvgIpc) is 2.52. The second-order valence-electron chi connectivity index (χ2n) is 5.16. The van der Waals surface area contributed by atoms with Gasteiger partial charge in [-0.05, 0) is 30.3 Å². The third-order valence-corrected chi connectivity index (χ3v) is 3.86. The third kappa shape index (κ3) is 4.38. The van der Waals surface area contributed by atoms with Gasteiger partial charge in [0.2, 0.25) is 0 Å². The van der Waals surface area contributed by atoms with E-state index < -0.39 is 40.3 Å². The molecule has 146 valence electrons. The molecule has 0 saturated carbocycles. The monoisotopic (exact) mass is 431 g/mol. The number of nitrogens with one attached hydrogen (secondary N) is 2. The molecule has 0 aliphatic heterocycles. The van der Waals surface area contributed by atoms with E-state index in [1.807, 2.05) is 0 Å². The van der Waals surface area contributed by atoms with Gasteiger partial charge in [0.25, 0.3) is 5.91 Å². The van der Waals surface area contributed by atoms with E-state index in [1.165, 1.54) is 17.4 Å². The molecule has 27 heavy (non-hydrogen) atoms. The van der Waals surface area contributed by atoms with Crippen LogP contribution in [0, 0.1) is 0 Å². The number of hydrogen-bond donors (Lipinski definition) is 2. The summed E-state index contributed by atoms with van der Waals surface area (Å²) in [5.41, 5.74) is -5.43. The van der Waals surface area contributed by atoms with Crippen molar-refractivity contribution in [1.29, 1.82) is 0 Å². The molecule has 1 amide bonds. The molecule has 1 aromatic carbocycles. The van der Waals surface area contributed by atoms with Gasteiger partial charge in [0.05, 0.1) is 10.6 Å². The molecule has 2 rings (SSSR count). The Morgan fingerprint density at radius 2 is 1.59 bits per heavy atom. The SMILES string of the molecule is O=C(NC(Nc1ccccn1)(C(F)(F)F)C(F)(F)F)c1ccc(Cl)cc1Cl. The molecule has 0 unspecified atom stereocenters. The van der Waals surface area contributed by atoms with E-state index in [0.717, 1.165) is 35.8 Å². The summed E-state index contributed by atoms with van der Waals surface area (Å²) in [5, 5.41) is 1.83. The summed E-state index contributed by atoms with van der Waals surface area (Å²) in [6.45, 7) is 0. The molecule has 0 aliphatic rings. The highest BCUT2D eigenvalue weighted by Gasteiger charge is 2.72. The molecule has 4 nitrogen and oxygen atoms in total. The number of rotatable bonds is 4. The van der Waals surface area contributed by atoms with E-state index >= 15 is 0 Å². The smallest absolute Gasteiger partial charge is 0.332 e. The standard InChI is InChI=1S/C15H9Cl2F6N3O/c16-8-4-5-9(10(17)7-8)12(27)26-13(14(18,19)20,15(21,22)23)25-11-3-1-2-6-24-11/h1-7H,(H,24,25)(H,26,27). The first kappa shape index (κ1) is 21.1. The third-order valence-electron chi connectivity index (χ3n) is 3.31. The Bertz CT molecular complexity index is 813. The zero-order valence-corrected chi connectivity index (χ0v) is 14.4. The molecule has 1 heterocycles. The summed E-state index contributed by atoms with van der Waals surface area (Å²) < 4.78 is 81.1. The maximum Gasteiger partial charge on any atom is 0.439 e. The van der Waals surface area contributed by atoms with Gasteiger partial charge in [0.1, 0.15) is 5.82 Å². The highest BCUT2D eigenvalue weighted by molar-refractivity contribution is 6.36. The van der Waals surface area contributed by atoms with Crippen LogP contribution in [0.1, 0.15) is 10.4 Å². The van der Waals surface area contributed by atoms with Gasteiger partial charge in [-0.15, -0.1) is 0 Å². The van der Waals surface area contributed by atoms with Crippen molar-refractivity contribution in [2.75, 3.05) is 5.32 Å². The van der Waals surface area contributed by atoms with Crippen molar-refractivity contribution in [2.45, 2.75) is 18.0 Å². The Morgan fingerprint density at radius 1 is 0.963 bits per heavy atom. The summed E-state index contributed by atoms with van der Waals surface area (Å²) in [6.07, 6.45) is -11.0. The van der Waals surface area contributed by atoms with Crippen molar-refractivity contribution in [3.8, 4) is 0 Å². The molecular weight excluding hydrogens is 423 g/mol. The maximum atomic E-state index is 13.5. The average molecular weight is 432 g/mol. The second kappa shape index (κ2) is 7.43. The number of alkyl halides is 6. The summed E-state index contributed by atoms with van der Waals surface area (Å²) in [5.74, 6) is -2.47. The molecule has 0 fully saturated rings. The van der Waals surface area contributed by atoms with Gasteiger partial charge < -0.3 is 10.6 Å². The van der Waals surface area contributed by atoms with Crippen LogP contribution in [0.5, 0.6) is 0 Å². The largest absolute Gasteiger partial charge is 0.439 e. The fourth-order valence-electron chi connectivity index (χ4n) is 2.02. The predicted molar refractivity (Wildman–Crippen MR) is 86.6 cm³/mol. The molecule has 0 saturated heterocycles. The maximum absolute atomic E-state index is 13.5. The summed E-state index contributed by atoms with van der Waals surface area (Å²) in [4.78, 5) is 15.6. The predicted octanol–water partition coefficient (Wildman–Crippen LogP) is 5.05. The van der Waals surface area contributed by atoms with Crippen LogP contribution in [0.4, 0.5) is 32.2 Å². The van der Waals surface area contributed by atoms with Crippen LogP contribution in [0.25, 0.3) is 0 Å². The zero-order valence-electron chi connectivity index (χ0n) is 12.9. The summed E-state index contributed by atoms with van der Waals surface area (Å²) in [7, 11) is 0. The van der Waals surface area contributed by atoms with Crippen molar-refractivity contribution < 1.29 is 31.1 Å². The molecule has 0 atom stereocenters. The van der Waals surface area contributed by atoms with Crippen LogP contribution in [0.3, 0.4) is 0 Å². The van der Waals surface area contributed by atoms with E-state index in [2.05, 4.69) is 4.98 Å². The van der Waals surface area contributed by atoms with Crippen LogP contribution in [-0.2, 0) is 0 Å². The van der Waals surface area contributed by atoms with Crippen molar-refractivity contribution in [2.24, 2.45) is 0 Å². The Morgan fingerprint density at radius 3 is 2.07 bits per heavy atom. The van der Waals surface area contributed by atoms with Gasteiger partial charge in [-0.2, -0.15) is 26.3 Å². The van der Waals surface area contributed by atoms with Crippen LogP contribution < -0.4 is 10.6 Å². The lowest BCUT2D eigenvalue weighted by atomic mass is 10.1. The van der Waals surface area contributed by atoms with Gasteiger partial charge in [-0.1, -0.05) is 29.3 Å². The number of halogens is 8. The molecule has 1 aromatic heterocycles. The second-order valence-corrected chi connectivity index (χ2v) is 6.01. The van der Waals surface area contributed by atoms with E-state index in [0.29, 0.717) is 0 Å². The fraction of sp³-hybridized carbons (Fsp3) is 0.200. The Kier molecular flexibility index (Phi) is 5.81. The molecule has 0 spiro atoms. The minimum Gasteiger partial charge on any atom is -0.332 e.